The van der Waals surface area contributed by atoms with Crippen molar-refractivity contribution in [3.8, 4) is 5.69 Å². The van der Waals surface area contributed by atoms with Crippen LogP contribution >= 0.6 is 23.2 Å². The SMILES string of the molecule is CC1CC(=O)c2c(Nc3ccc(Cl)c(Cl)c3)nn(-c3ccccc3)c2C1. The van der Waals surface area contributed by atoms with Crippen molar-refractivity contribution in [3.63, 3.8) is 0 Å². The summed E-state index contributed by atoms with van der Waals surface area (Å²) in [6.07, 6.45) is 1.34. The predicted molar refractivity (Wildman–Crippen MR) is 105 cm³/mol. The second kappa shape index (κ2) is 6.78. The number of nitrogens with zero attached hydrogens (tertiary/aromatic N) is 2. The zero-order valence-electron chi connectivity index (χ0n) is 14.2. The van der Waals surface area contributed by atoms with Crippen molar-refractivity contribution in [1.29, 1.82) is 0 Å². The maximum Gasteiger partial charge on any atom is 0.168 e. The maximum absolute atomic E-state index is 12.7. The lowest BCUT2D eigenvalue weighted by atomic mass is 9.87. The van der Waals surface area contributed by atoms with Crippen LogP contribution in [0.2, 0.25) is 10.0 Å². The highest BCUT2D eigenvalue weighted by atomic mass is 35.5. The molecule has 0 bridgehead atoms. The first kappa shape index (κ1) is 17.1. The molecule has 1 aliphatic rings. The molecule has 0 spiro atoms. The molecule has 132 valence electrons. The molecule has 0 fully saturated rings. The molecule has 0 saturated heterocycles. The largest absolute Gasteiger partial charge is 0.338 e. The van der Waals surface area contributed by atoms with Crippen LogP contribution in [0.4, 0.5) is 11.5 Å². The van der Waals surface area contributed by atoms with Gasteiger partial charge in [0.2, 0.25) is 0 Å². The lowest BCUT2D eigenvalue weighted by Gasteiger charge is -2.19. The molecule has 4 rings (SSSR count). The van der Waals surface area contributed by atoms with Gasteiger partial charge < -0.3 is 5.32 Å². The van der Waals surface area contributed by atoms with Gasteiger partial charge >= 0.3 is 0 Å². The molecular formula is C20H17Cl2N3O. The Morgan fingerprint density at radius 1 is 1.08 bits per heavy atom. The zero-order valence-corrected chi connectivity index (χ0v) is 15.7. The van der Waals surface area contributed by atoms with E-state index in [4.69, 9.17) is 28.3 Å². The highest BCUT2D eigenvalue weighted by Gasteiger charge is 2.31. The number of hydrogen-bond acceptors (Lipinski definition) is 3. The third-order valence-electron chi connectivity index (χ3n) is 4.52. The van der Waals surface area contributed by atoms with Crippen LogP contribution in [0.25, 0.3) is 5.69 Å². The summed E-state index contributed by atoms with van der Waals surface area (Å²) in [5.74, 6) is 0.967. The van der Waals surface area contributed by atoms with E-state index in [2.05, 4.69) is 12.2 Å². The number of carbonyl (C=O) groups is 1. The Hall–Kier alpha value is -2.30. The van der Waals surface area contributed by atoms with Gasteiger partial charge in [0.15, 0.2) is 11.6 Å². The Kier molecular flexibility index (Phi) is 4.47. The van der Waals surface area contributed by atoms with Crippen molar-refractivity contribution >= 4 is 40.5 Å². The van der Waals surface area contributed by atoms with E-state index in [1.54, 1.807) is 12.1 Å². The standard InChI is InChI=1S/C20H17Cl2N3O/c1-12-9-17-19(18(26)10-12)20(23-13-7-8-15(21)16(22)11-13)24-25(17)14-5-3-2-4-6-14/h2-8,11-12H,9-10H2,1H3,(H,23,24). The minimum atomic E-state index is 0.114. The van der Waals surface area contributed by atoms with E-state index in [-0.39, 0.29) is 5.78 Å². The van der Waals surface area contributed by atoms with Gasteiger partial charge in [-0.2, -0.15) is 0 Å². The van der Waals surface area contributed by atoms with Gasteiger partial charge in [0.1, 0.15) is 0 Å². The topological polar surface area (TPSA) is 46.9 Å². The maximum atomic E-state index is 12.7. The number of carbonyl (C=O) groups excluding carboxylic acids is 1. The number of hydrogen-bond donors (Lipinski definition) is 1. The van der Waals surface area contributed by atoms with Gasteiger partial charge in [-0.15, -0.1) is 5.10 Å². The van der Waals surface area contributed by atoms with Crippen molar-refractivity contribution in [2.75, 3.05) is 5.32 Å². The molecule has 0 saturated carbocycles. The third kappa shape index (κ3) is 3.11. The van der Waals surface area contributed by atoms with E-state index in [0.717, 1.165) is 23.5 Å². The fourth-order valence-electron chi connectivity index (χ4n) is 3.34. The van der Waals surface area contributed by atoms with Crippen molar-refractivity contribution < 1.29 is 4.79 Å². The van der Waals surface area contributed by atoms with E-state index in [9.17, 15) is 4.79 Å². The summed E-state index contributed by atoms with van der Waals surface area (Å²) in [5.41, 5.74) is 3.29. The van der Waals surface area contributed by atoms with E-state index in [1.807, 2.05) is 41.1 Å². The fourth-order valence-corrected chi connectivity index (χ4v) is 3.63. The first-order valence-corrected chi connectivity index (χ1v) is 9.21. The molecule has 0 aliphatic heterocycles. The number of fused-ring (bicyclic) bond motifs is 1. The van der Waals surface area contributed by atoms with E-state index < -0.39 is 0 Å². The first-order valence-electron chi connectivity index (χ1n) is 8.45. The van der Waals surface area contributed by atoms with Crippen molar-refractivity contribution in [3.05, 3.63) is 69.8 Å². The number of para-hydroxylation sites is 1. The average molecular weight is 386 g/mol. The van der Waals surface area contributed by atoms with Gasteiger partial charge in [0, 0.05) is 12.1 Å². The Balaban J connectivity index is 1.82. The number of Topliss-reactive ketones (excluding diaryl/α,β-unsaturated/α-hetero) is 1. The second-order valence-electron chi connectivity index (χ2n) is 6.61. The van der Waals surface area contributed by atoms with Gasteiger partial charge in [-0.05, 0) is 42.7 Å². The molecule has 0 amide bonds. The van der Waals surface area contributed by atoms with Crippen molar-refractivity contribution in [1.82, 2.24) is 9.78 Å². The van der Waals surface area contributed by atoms with Gasteiger partial charge in [0.25, 0.3) is 0 Å². The summed E-state index contributed by atoms with van der Waals surface area (Å²) in [6, 6.07) is 15.1. The van der Waals surface area contributed by atoms with Gasteiger partial charge in [-0.3, -0.25) is 4.79 Å². The number of benzene rings is 2. The van der Waals surface area contributed by atoms with Crippen molar-refractivity contribution in [2.24, 2.45) is 5.92 Å². The molecule has 26 heavy (non-hydrogen) atoms. The second-order valence-corrected chi connectivity index (χ2v) is 7.42. The lowest BCUT2D eigenvalue weighted by molar-refractivity contribution is 0.0953. The van der Waals surface area contributed by atoms with Crippen LogP contribution in [0.5, 0.6) is 0 Å². The highest BCUT2D eigenvalue weighted by molar-refractivity contribution is 6.42. The summed E-state index contributed by atoms with van der Waals surface area (Å²) < 4.78 is 1.86. The van der Waals surface area contributed by atoms with Crippen LogP contribution in [-0.2, 0) is 6.42 Å². The van der Waals surface area contributed by atoms with Gasteiger partial charge in [0.05, 0.1) is 27.0 Å². The van der Waals surface area contributed by atoms with Crippen LogP contribution in [-0.4, -0.2) is 15.6 Å². The Labute approximate surface area is 161 Å². The first-order chi connectivity index (χ1) is 12.5. The number of rotatable bonds is 3. The number of anilines is 2. The van der Waals surface area contributed by atoms with Crippen LogP contribution in [0.1, 0.15) is 29.4 Å². The molecule has 3 aromatic rings. The molecule has 1 heterocycles. The summed E-state index contributed by atoms with van der Waals surface area (Å²) in [6.45, 7) is 2.09. The van der Waals surface area contributed by atoms with Crippen LogP contribution < -0.4 is 5.32 Å². The van der Waals surface area contributed by atoms with Gasteiger partial charge in [-0.25, -0.2) is 4.68 Å². The number of nitrogens with one attached hydrogen (secondary N) is 1. The molecule has 1 aliphatic carbocycles. The molecular weight excluding hydrogens is 369 g/mol. The monoisotopic (exact) mass is 385 g/mol. The fraction of sp³-hybridized carbons (Fsp3) is 0.200. The predicted octanol–water partition coefficient (Wildman–Crippen LogP) is 5.69. The molecule has 1 N–H and O–H groups in total. The number of ketones is 1. The Morgan fingerprint density at radius 2 is 1.85 bits per heavy atom. The smallest absolute Gasteiger partial charge is 0.168 e. The summed E-state index contributed by atoms with van der Waals surface area (Å²) in [7, 11) is 0. The zero-order chi connectivity index (χ0) is 18.3. The normalized spacial score (nSPS) is 16.4. The molecule has 6 heteroatoms. The van der Waals surface area contributed by atoms with E-state index >= 15 is 0 Å². The minimum Gasteiger partial charge on any atom is -0.338 e. The molecule has 2 aromatic carbocycles. The van der Waals surface area contributed by atoms with E-state index in [0.29, 0.717) is 33.8 Å². The summed E-state index contributed by atoms with van der Waals surface area (Å²) in [5, 5.41) is 8.88. The van der Waals surface area contributed by atoms with Crippen LogP contribution in [0.15, 0.2) is 48.5 Å². The van der Waals surface area contributed by atoms with E-state index in [1.165, 1.54) is 0 Å². The molecule has 4 nitrogen and oxygen atoms in total. The molecule has 1 aromatic heterocycles. The summed E-state index contributed by atoms with van der Waals surface area (Å²) >= 11 is 12.1. The highest BCUT2D eigenvalue weighted by Crippen LogP contribution is 2.34. The molecule has 1 unspecified atom stereocenters. The number of aromatic nitrogens is 2. The lowest BCUT2D eigenvalue weighted by Crippen LogP contribution is -2.19. The van der Waals surface area contributed by atoms with Crippen molar-refractivity contribution in [2.45, 2.75) is 19.8 Å². The molecule has 0 radical (unpaired) electrons. The average Bonchev–Trinajstić information content (AvgIpc) is 2.97. The van der Waals surface area contributed by atoms with Crippen LogP contribution in [0.3, 0.4) is 0 Å². The van der Waals surface area contributed by atoms with Crippen LogP contribution in [0, 0.1) is 5.92 Å². The number of halogens is 2. The quantitative estimate of drug-likeness (QED) is 0.629. The summed E-state index contributed by atoms with van der Waals surface area (Å²) in [4.78, 5) is 12.7. The molecule has 1 atom stereocenters. The Morgan fingerprint density at radius 3 is 2.58 bits per heavy atom. The minimum absolute atomic E-state index is 0.114. The van der Waals surface area contributed by atoms with Gasteiger partial charge in [-0.1, -0.05) is 48.3 Å². The Bertz CT molecular complexity index is 982. The third-order valence-corrected chi connectivity index (χ3v) is 5.26.